The van der Waals surface area contributed by atoms with Crippen LogP contribution >= 0.6 is 0 Å². The second-order valence-electron chi connectivity index (χ2n) is 4.79. The molecule has 6 nitrogen and oxygen atoms in total. The van der Waals surface area contributed by atoms with E-state index in [2.05, 4.69) is 9.80 Å². The van der Waals surface area contributed by atoms with E-state index in [1.165, 1.54) is 6.07 Å². The number of rotatable bonds is 4. The van der Waals surface area contributed by atoms with E-state index >= 15 is 0 Å². The fourth-order valence-electron chi connectivity index (χ4n) is 2.29. The molecule has 0 radical (unpaired) electrons. The van der Waals surface area contributed by atoms with Gasteiger partial charge >= 0.3 is 0 Å². The summed E-state index contributed by atoms with van der Waals surface area (Å²) in [6.45, 7) is 5.17. The Morgan fingerprint density at radius 2 is 1.95 bits per heavy atom. The molecule has 2 rings (SSSR count). The Morgan fingerprint density at radius 3 is 2.68 bits per heavy atom. The van der Waals surface area contributed by atoms with E-state index in [9.17, 15) is 4.79 Å². The molecule has 1 aromatic rings. The van der Waals surface area contributed by atoms with Gasteiger partial charge in [-0.15, -0.1) is 0 Å². The average molecular weight is 268 g/mol. The van der Waals surface area contributed by atoms with Crippen LogP contribution in [0.1, 0.15) is 12.2 Å². The highest BCUT2D eigenvalue weighted by Crippen LogP contribution is 2.09. The van der Waals surface area contributed by atoms with Gasteiger partial charge in [0.1, 0.15) is 12.0 Å². The Hall–Kier alpha value is -1.37. The van der Waals surface area contributed by atoms with Crippen molar-refractivity contribution in [1.82, 2.24) is 9.80 Å². The lowest BCUT2D eigenvalue weighted by atomic mass is 10.3. The monoisotopic (exact) mass is 268 g/mol. The summed E-state index contributed by atoms with van der Waals surface area (Å²) in [6, 6.07) is 1.34. The van der Waals surface area contributed by atoms with Gasteiger partial charge in [0, 0.05) is 25.7 Å². The topological polar surface area (TPSA) is 77.2 Å². The summed E-state index contributed by atoms with van der Waals surface area (Å²) in [5.74, 6) is 0.215. The minimum Gasteiger partial charge on any atom is -0.502 e. The quantitative estimate of drug-likeness (QED) is 0.790. The summed E-state index contributed by atoms with van der Waals surface area (Å²) in [4.78, 5) is 15.8. The van der Waals surface area contributed by atoms with Crippen LogP contribution in [0, 0.1) is 0 Å². The lowest BCUT2D eigenvalue weighted by molar-refractivity contribution is 0.193. The number of hydrogen-bond acceptors (Lipinski definition) is 6. The number of β-amino-alcohol motifs (C(OH)–C–C–N with tert-alkyl or cyclic N) is 1. The van der Waals surface area contributed by atoms with E-state index in [0.29, 0.717) is 18.8 Å². The second kappa shape index (κ2) is 6.70. The van der Waals surface area contributed by atoms with Gasteiger partial charge < -0.3 is 14.6 Å². The van der Waals surface area contributed by atoms with E-state index in [4.69, 9.17) is 14.6 Å². The third kappa shape index (κ3) is 4.05. The zero-order chi connectivity index (χ0) is 13.7. The first-order chi connectivity index (χ1) is 9.19. The van der Waals surface area contributed by atoms with Crippen molar-refractivity contribution in [3.05, 3.63) is 28.3 Å². The molecule has 1 saturated heterocycles. The van der Waals surface area contributed by atoms with Gasteiger partial charge in [0.05, 0.1) is 13.2 Å². The molecule has 0 aromatic carbocycles. The van der Waals surface area contributed by atoms with Gasteiger partial charge in [-0.3, -0.25) is 14.6 Å². The third-order valence-corrected chi connectivity index (χ3v) is 3.34. The van der Waals surface area contributed by atoms with Crippen molar-refractivity contribution in [2.45, 2.75) is 13.0 Å². The van der Waals surface area contributed by atoms with Gasteiger partial charge in [0.15, 0.2) is 5.75 Å². The molecule has 2 N–H and O–H groups in total. The Labute approximate surface area is 111 Å². The number of aromatic hydroxyl groups is 1. The fourth-order valence-corrected chi connectivity index (χ4v) is 2.29. The molecule has 0 saturated carbocycles. The standard InChI is InChI=1S/C13H20N2O4/c16-7-6-14-2-1-3-15(5-4-14)9-11-8-12(17)13(18)10-19-11/h8,10,16,18H,1-7,9H2. The Balaban J connectivity index is 1.92. The van der Waals surface area contributed by atoms with Gasteiger partial charge in [0.25, 0.3) is 0 Å². The summed E-state index contributed by atoms with van der Waals surface area (Å²) < 4.78 is 5.21. The summed E-state index contributed by atoms with van der Waals surface area (Å²) in [5.41, 5.74) is -0.405. The lowest BCUT2D eigenvalue weighted by Crippen LogP contribution is -2.32. The molecule has 0 spiro atoms. The van der Waals surface area contributed by atoms with E-state index in [0.717, 1.165) is 38.9 Å². The van der Waals surface area contributed by atoms with Crippen LogP contribution in [0.4, 0.5) is 0 Å². The molecule has 0 aliphatic carbocycles. The molecular formula is C13H20N2O4. The van der Waals surface area contributed by atoms with E-state index in [1.807, 2.05) is 0 Å². The molecule has 0 atom stereocenters. The smallest absolute Gasteiger partial charge is 0.226 e. The largest absolute Gasteiger partial charge is 0.502 e. The predicted octanol–water partition coefficient (Wildman–Crippen LogP) is -0.155. The summed E-state index contributed by atoms with van der Waals surface area (Å²) in [5, 5.41) is 18.1. The van der Waals surface area contributed by atoms with Crippen LogP contribution < -0.4 is 5.43 Å². The molecule has 6 heteroatoms. The van der Waals surface area contributed by atoms with Crippen LogP contribution in [0.3, 0.4) is 0 Å². The van der Waals surface area contributed by atoms with Crippen molar-refractivity contribution in [3.63, 3.8) is 0 Å². The van der Waals surface area contributed by atoms with Crippen molar-refractivity contribution >= 4 is 0 Å². The molecule has 1 aromatic heterocycles. The summed E-state index contributed by atoms with van der Waals surface area (Å²) in [6.07, 6.45) is 2.12. The molecular weight excluding hydrogens is 248 g/mol. The minimum absolute atomic E-state index is 0.187. The fraction of sp³-hybridized carbons (Fsp3) is 0.615. The van der Waals surface area contributed by atoms with Crippen LogP contribution in [-0.4, -0.2) is 59.3 Å². The SMILES string of the molecule is O=c1cc(CN2CCCN(CCO)CC2)occ1O. The number of aliphatic hydroxyl groups is 1. The van der Waals surface area contributed by atoms with Gasteiger partial charge in [-0.2, -0.15) is 0 Å². The van der Waals surface area contributed by atoms with Crippen LogP contribution in [0.5, 0.6) is 5.75 Å². The van der Waals surface area contributed by atoms with Crippen LogP contribution in [0.15, 0.2) is 21.5 Å². The zero-order valence-electron chi connectivity index (χ0n) is 10.9. The van der Waals surface area contributed by atoms with Gasteiger partial charge in [-0.25, -0.2) is 0 Å². The van der Waals surface area contributed by atoms with Crippen molar-refractivity contribution < 1.29 is 14.6 Å². The number of hydrogen-bond donors (Lipinski definition) is 2. The average Bonchev–Trinajstić information content (AvgIpc) is 2.60. The molecule has 106 valence electrons. The maximum absolute atomic E-state index is 11.3. The summed E-state index contributed by atoms with van der Waals surface area (Å²) >= 11 is 0. The highest BCUT2D eigenvalue weighted by Gasteiger charge is 2.15. The first-order valence-corrected chi connectivity index (χ1v) is 6.55. The normalized spacial score (nSPS) is 18.4. The summed E-state index contributed by atoms with van der Waals surface area (Å²) in [7, 11) is 0. The van der Waals surface area contributed by atoms with Crippen molar-refractivity contribution in [3.8, 4) is 5.75 Å². The van der Waals surface area contributed by atoms with E-state index < -0.39 is 5.43 Å². The van der Waals surface area contributed by atoms with Gasteiger partial charge in [-0.1, -0.05) is 0 Å². The maximum Gasteiger partial charge on any atom is 0.226 e. The van der Waals surface area contributed by atoms with Crippen molar-refractivity contribution in [2.75, 3.05) is 39.3 Å². The van der Waals surface area contributed by atoms with Gasteiger partial charge in [-0.05, 0) is 19.5 Å². The highest BCUT2D eigenvalue weighted by molar-refractivity contribution is 5.15. The number of nitrogens with zero attached hydrogens (tertiary/aromatic N) is 2. The molecule has 0 unspecified atom stereocenters. The van der Waals surface area contributed by atoms with Crippen molar-refractivity contribution in [2.24, 2.45) is 0 Å². The molecule has 2 heterocycles. The maximum atomic E-state index is 11.3. The third-order valence-electron chi connectivity index (χ3n) is 3.34. The van der Waals surface area contributed by atoms with Crippen molar-refractivity contribution in [1.29, 1.82) is 0 Å². The molecule has 19 heavy (non-hydrogen) atoms. The molecule has 1 fully saturated rings. The van der Waals surface area contributed by atoms with E-state index in [1.54, 1.807) is 0 Å². The lowest BCUT2D eigenvalue weighted by Gasteiger charge is -2.20. The number of aliphatic hydroxyl groups excluding tert-OH is 1. The van der Waals surface area contributed by atoms with Crippen LogP contribution in [0.2, 0.25) is 0 Å². The van der Waals surface area contributed by atoms with Crippen LogP contribution in [-0.2, 0) is 6.54 Å². The molecule has 1 aliphatic heterocycles. The first kappa shape index (κ1) is 14.0. The first-order valence-electron chi connectivity index (χ1n) is 6.55. The minimum atomic E-state index is -0.405. The molecule has 1 aliphatic rings. The highest BCUT2D eigenvalue weighted by atomic mass is 16.4. The predicted molar refractivity (Wildman–Crippen MR) is 70.1 cm³/mol. The van der Waals surface area contributed by atoms with Gasteiger partial charge in [0.2, 0.25) is 5.43 Å². The zero-order valence-corrected chi connectivity index (χ0v) is 10.9. The Kier molecular flexibility index (Phi) is 4.95. The Morgan fingerprint density at radius 1 is 1.21 bits per heavy atom. The molecule has 0 amide bonds. The second-order valence-corrected chi connectivity index (χ2v) is 4.79. The van der Waals surface area contributed by atoms with E-state index in [-0.39, 0.29) is 12.4 Å². The molecule has 0 bridgehead atoms. The Bertz CT molecular complexity index is 460. The van der Waals surface area contributed by atoms with Crippen LogP contribution in [0.25, 0.3) is 0 Å².